The number of aliphatic hydroxyl groups excluding tert-OH is 2. The highest BCUT2D eigenvalue weighted by Crippen LogP contribution is 2.39. The van der Waals surface area contributed by atoms with E-state index in [-0.39, 0.29) is 17.7 Å². The van der Waals surface area contributed by atoms with Crippen LogP contribution in [0.3, 0.4) is 0 Å². The van der Waals surface area contributed by atoms with Crippen molar-refractivity contribution in [1.29, 1.82) is 0 Å². The molecule has 0 bridgehead atoms. The van der Waals surface area contributed by atoms with Crippen LogP contribution in [0.25, 0.3) is 0 Å². The molecule has 0 aromatic heterocycles. The molecule has 0 aliphatic heterocycles. The van der Waals surface area contributed by atoms with E-state index in [0.29, 0.717) is 24.7 Å². The second-order valence-corrected chi connectivity index (χ2v) is 10.3. The summed E-state index contributed by atoms with van der Waals surface area (Å²) in [5.74, 6) is -10.8. The molecule has 0 aliphatic rings. The average Bonchev–Trinajstić information content (AvgIpc) is 2.95. The molecule has 0 heterocycles. The van der Waals surface area contributed by atoms with Gasteiger partial charge in [0, 0.05) is 18.2 Å². The lowest BCUT2D eigenvalue weighted by atomic mass is 9.64. The van der Waals surface area contributed by atoms with E-state index in [1.807, 2.05) is 0 Å². The third kappa shape index (κ3) is 6.59. The van der Waals surface area contributed by atoms with Gasteiger partial charge in [0.05, 0.1) is 6.04 Å². The molecule has 0 aliphatic carbocycles. The molecule has 0 aromatic rings. The summed E-state index contributed by atoms with van der Waals surface area (Å²) in [5, 5.41) is 43.7. The second-order valence-electron chi connectivity index (χ2n) is 10.3. The van der Waals surface area contributed by atoms with Gasteiger partial charge in [0.2, 0.25) is 11.4 Å². The standard InChI is InChI=1S/C27H47N3O10/c1-11-13-14-18(28-8)19(33)25(6,29(9)20(34)16(4)31)22(36)27(15(3)12-2,30(10)21(35)17(5)32)23(37)26(7,40)24(38)39/h15-18,28,31-32,40H,11-14H2,1-10H3,(H,38,39)/t15-,16-,17+,18-,25+,26+,27+/m0/s1/i8D,9D,10D. The van der Waals surface area contributed by atoms with Gasteiger partial charge in [-0.2, -0.15) is 0 Å². The van der Waals surface area contributed by atoms with Gasteiger partial charge in [-0.05, 0) is 47.1 Å². The summed E-state index contributed by atoms with van der Waals surface area (Å²) in [4.78, 5) is 83.2. The minimum Gasteiger partial charge on any atom is -0.479 e. The molecule has 2 amide bonds. The van der Waals surface area contributed by atoms with E-state index in [9.17, 15) is 44.4 Å². The Morgan fingerprint density at radius 1 is 0.900 bits per heavy atom. The van der Waals surface area contributed by atoms with E-state index in [1.165, 1.54) is 13.8 Å². The minimum atomic E-state index is -3.39. The molecule has 7 atom stereocenters. The van der Waals surface area contributed by atoms with Crippen molar-refractivity contribution in [3.8, 4) is 0 Å². The predicted octanol–water partition coefficient (Wildman–Crippen LogP) is -0.470. The van der Waals surface area contributed by atoms with Crippen molar-refractivity contribution >= 4 is 35.1 Å². The van der Waals surface area contributed by atoms with E-state index in [2.05, 4.69) is 5.32 Å². The van der Waals surface area contributed by atoms with Crippen LogP contribution in [0.4, 0.5) is 0 Å². The summed E-state index contributed by atoms with van der Waals surface area (Å²) in [6.07, 6.45) is -3.02. The SMILES string of the molecule is [2H]CN[C@@H](CCCC)C(=O)[C@](C)(C(=O)[C@@](C(=O)[C@@](C)(O)C(=O)O)([C@@H](C)CC)N(C[2H])C(=O)[C@@H](C)O)N(C[2H])C(=O)[C@H](C)O. The Kier molecular flexibility index (Phi) is 11.3. The smallest absolute Gasteiger partial charge is 0.343 e. The molecule has 0 saturated carbocycles. The van der Waals surface area contributed by atoms with Crippen molar-refractivity contribution in [2.24, 2.45) is 5.92 Å². The number of hydrogen-bond donors (Lipinski definition) is 5. The first-order valence-corrected chi connectivity index (χ1v) is 13.0. The molecule has 0 spiro atoms. The van der Waals surface area contributed by atoms with Crippen molar-refractivity contribution in [1.82, 2.24) is 15.1 Å². The van der Waals surface area contributed by atoms with Gasteiger partial charge >= 0.3 is 5.97 Å². The maximum Gasteiger partial charge on any atom is 0.343 e. The molecule has 40 heavy (non-hydrogen) atoms. The molecule has 5 N–H and O–H groups in total. The monoisotopic (exact) mass is 576 g/mol. The molecule has 0 aromatic carbocycles. The van der Waals surface area contributed by atoms with Gasteiger partial charge in [-0.1, -0.05) is 40.0 Å². The summed E-state index contributed by atoms with van der Waals surface area (Å²) in [6.45, 7) is 7.87. The average molecular weight is 577 g/mol. The highest BCUT2D eigenvalue weighted by molar-refractivity contribution is 6.30. The lowest BCUT2D eigenvalue weighted by molar-refractivity contribution is -0.180. The number of nitrogens with zero attached hydrogens (tertiary/aromatic N) is 2. The first-order valence-electron chi connectivity index (χ1n) is 15.1. The first kappa shape index (κ1) is 31.8. The normalized spacial score (nSPS) is 20.0. The maximum atomic E-state index is 15.1. The van der Waals surface area contributed by atoms with Gasteiger partial charge in [-0.15, -0.1) is 0 Å². The number of hydrogen-bond acceptors (Lipinski definition) is 10. The van der Waals surface area contributed by atoms with Crippen LogP contribution in [0.5, 0.6) is 0 Å². The molecule has 13 heteroatoms. The summed E-state index contributed by atoms with van der Waals surface area (Å²) in [6, 6.07) is -1.33. The fourth-order valence-corrected chi connectivity index (χ4v) is 4.48. The molecule has 0 rings (SSSR count). The predicted molar refractivity (Wildman–Crippen MR) is 145 cm³/mol. The minimum absolute atomic E-state index is 0.0255. The molecular weight excluding hydrogens is 526 g/mol. The van der Waals surface area contributed by atoms with Crippen LogP contribution in [-0.2, 0) is 28.8 Å². The zero-order chi connectivity index (χ0) is 34.1. The first-order chi connectivity index (χ1) is 19.8. The van der Waals surface area contributed by atoms with E-state index in [0.717, 1.165) is 20.8 Å². The Hall–Kier alpha value is -2.74. The Labute approximate surface area is 240 Å². The number of unbranched alkanes of at least 4 members (excludes halogenated alkanes) is 1. The van der Waals surface area contributed by atoms with Crippen molar-refractivity contribution in [2.45, 2.75) is 109 Å². The Balaban J connectivity index is 8.42. The lowest BCUT2D eigenvalue weighted by Gasteiger charge is -2.51. The number of carbonyl (C=O) groups excluding carboxylic acids is 5. The van der Waals surface area contributed by atoms with Gasteiger partial charge in [-0.3, -0.25) is 24.0 Å². The number of ketones is 3. The zero-order valence-electron chi connectivity index (χ0n) is 27.4. The van der Waals surface area contributed by atoms with E-state index < -0.39 is 97.1 Å². The Bertz CT molecular complexity index is 1040. The fourth-order valence-electron chi connectivity index (χ4n) is 4.48. The largest absolute Gasteiger partial charge is 0.479 e. The van der Waals surface area contributed by atoms with Gasteiger partial charge in [-0.25, -0.2) is 4.79 Å². The molecule has 0 radical (unpaired) electrons. The van der Waals surface area contributed by atoms with Crippen LogP contribution in [0.1, 0.15) is 78.3 Å². The summed E-state index contributed by atoms with van der Waals surface area (Å²) in [5.41, 5.74) is -9.47. The zero-order valence-corrected chi connectivity index (χ0v) is 24.4. The molecule has 230 valence electrons. The number of likely N-dealkylation sites (N-methyl/N-ethyl adjacent to an activating group) is 3. The third-order valence-corrected chi connectivity index (χ3v) is 7.42. The van der Waals surface area contributed by atoms with Crippen molar-refractivity contribution < 1.29 is 53.3 Å². The summed E-state index contributed by atoms with van der Waals surface area (Å²) >= 11 is 0. The van der Waals surface area contributed by atoms with Gasteiger partial charge in [0.15, 0.2) is 22.6 Å². The maximum absolute atomic E-state index is 15.1. The molecule has 0 fully saturated rings. The lowest BCUT2D eigenvalue weighted by Crippen LogP contribution is -2.78. The number of aliphatic hydroxyl groups is 3. The highest BCUT2D eigenvalue weighted by atomic mass is 16.4. The molecule has 13 nitrogen and oxygen atoms in total. The second kappa shape index (κ2) is 14.2. The number of carboxylic acid groups (broad SMARTS) is 1. The Morgan fingerprint density at radius 2 is 1.40 bits per heavy atom. The van der Waals surface area contributed by atoms with Crippen LogP contribution < -0.4 is 5.32 Å². The van der Waals surface area contributed by atoms with Crippen LogP contribution in [-0.4, -0.2) is 121 Å². The van der Waals surface area contributed by atoms with Crippen LogP contribution in [0.15, 0.2) is 0 Å². The number of amides is 2. The fraction of sp³-hybridized carbons (Fsp3) is 0.778. The van der Waals surface area contributed by atoms with E-state index in [4.69, 9.17) is 4.11 Å². The van der Waals surface area contributed by atoms with Gasteiger partial charge < -0.3 is 35.5 Å². The number of aliphatic carboxylic acids is 1. The molecule has 0 saturated heterocycles. The number of rotatable bonds is 17. The topological polar surface area (TPSA) is 202 Å². The van der Waals surface area contributed by atoms with E-state index >= 15 is 4.79 Å². The number of carbonyl (C=O) groups is 6. The summed E-state index contributed by atoms with van der Waals surface area (Å²) in [7, 11) is -2.90. The van der Waals surface area contributed by atoms with Crippen molar-refractivity contribution in [3.63, 3.8) is 0 Å². The third-order valence-electron chi connectivity index (χ3n) is 7.42. The summed E-state index contributed by atoms with van der Waals surface area (Å²) < 4.78 is 23.9. The highest BCUT2D eigenvalue weighted by Gasteiger charge is 2.67. The number of Topliss-reactive ketones (excluding diaryl/α,β-unsaturated/α-hetero) is 3. The number of nitrogens with one attached hydrogen (secondary N) is 1. The van der Waals surface area contributed by atoms with E-state index in [1.54, 1.807) is 6.92 Å². The quantitative estimate of drug-likeness (QED) is 0.140. The van der Waals surface area contributed by atoms with Crippen molar-refractivity contribution in [2.75, 3.05) is 21.1 Å². The van der Waals surface area contributed by atoms with Crippen LogP contribution in [0.2, 0.25) is 0 Å². The number of carboxylic acids is 1. The van der Waals surface area contributed by atoms with Crippen LogP contribution in [0, 0.1) is 5.92 Å². The Morgan fingerprint density at radius 3 is 1.77 bits per heavy atom. The van der Waals surface area contributed by atoms with Crippen molar-refractivity contribution in [3.05, 3.63) is 0 Å². The van der Waals surface area contributed by atoms with Gasteiger partial charge in [0.25, 0.3) is 11.8 Å². The molecular formula is C27H47N3O10. The van der Waals surface area contributed by atoms with Crippen LogP contribution >= 0.6 is 0 Å². The van der Waals surface area contributed by atoms with Gasteiger partial charge in [0.1, 0.15) is 12.2 Å². The molecule has 0 unspecified atom stereocenters.